The average Bonchev–Trinajstić information content (AvgIpc) is 2.17. The van der Waals surface area contributed by atoms with E-state index in [-0.39, 0.29) is 17.8 Å². The van der Waals surface area contributed by atoms with Crippen molar-refractivity contribution in [2.75, 3.05) is 0 Å². The molecular weight excluding hydrogens is 218 g/mol. The fourth-order valence-corrected chi connectivity index (χ4v) is 1.86. The first kappa shape index (κ1) is 15.9. The van der Waals surface area contributed by atoms with Gasteiger partial charge in [0.25, 0.3) is 0 Å². The lowest BCUT2D eigenvalue weighted by Crippen LogP contribution is -2.43. The van der Waals surface area contributed by atoms with Crippen LogP contribution >= 0.6 is 0 Å². The number of rotatable bonds is 2. The number of carbonyl (C=O) groups is 1. The maximum absolute atomic E-state index is 11.2. The number of nitrogens with zero attached hydrogens (tertiary/aromatic N) is 1. The zero-order valence-corrected chi connectivity index (χ0v) is 11.1. The largest absolute Gasteiger partial charge is 0.382 e. The van der Waals surface area contributed by atoms with Crippen molar-refractivity contribution >= 4 is 11.7 Å². The molecular formula is C12H25N3O2. The van der Waals surface area contributed by atoms with Gasteiger partial charge in [-0.05, 0) is 26.2 Å². The Hall–Kier alpha value is -1.10. The van der Waals surface area contributed by atoms with Gasteiger partial charge >= 0.3 is 0 Å². The third-order valence-electron chi connectivity index (χ3n) is 2.69. The van der Waals surface area contributed by atoms with Crippen LogP contribution in [-0.4, -0.2) is 28.5 Å². The molecule has 0 heterocycles. The molecule has 5 nitrogen and oxygen atoms in total. The Morgan fingerprint density at radius 1 is 1.47 bits per heavy atom. The second kappa shape index (κ2) is 7.27. The molecule has 0 aliphatic heterocycles. The van der Waals surface area contributed by atoms with Crippen LogP contribution in [0, 0.1) is 0 Å². The number of hydrogen-bond acceptors (Lipinski definition) is 3. The minimum atomic E-state index is -1.22. The van der Waals surface area contributed by atoms with Gasteiger partial charge in [-0.2, -0.15) is 0 Å². The van der Waals surface area contributed by atoms with Crippen molar-refractivity contribution in [3.8, 4) is 0 Å². The molecule has 0 amide bonds. The summed E-state index contributed by atoms with van der Waals surface area (Å²) in [6.07, 6.45) is 3.70. The van der Waals surface area contributed by atoms with Crippen LogP contribution in [0.2, 0.25) is 0 Å². The Labute approximate surface area is 103 Å². The molecule has 1 aliphatic rings. The Bertz CT molecular complexity index is 275. The molecule has 0 spiro atoms. The van der Waals surface area contributed by atoms with Gasteiger partial charge in [0.05, 0.1) is 6.04 Å². The molecule has 5 heteroatoms. The van der Waals surface area contributed by atoms with Crippen molar-refractivity contribution in [3.05, 3.63) is 0 Å². The zero-order chi connectivity index (χ0) is 13.5. The number of ketones is 1. The highest BCUT2D eigenvalue weighted by atomic mass is 16.3. The molecule has 5 N–H and O–H groups in total. The maximum atomic E-state index is 11.2. The zero-order valence-electron chi connectivity index (χ0n) is 11.1. The predicted molar refractivity (Wildman–Crippen MR) is 69.7 cm³/mol. The van der Waals surface area contributed by atoms with Crippen LogP contribution in [0.3, 0.4) is 0 Å². The van der Waals surface area contributed by atoms with Crippen molar-refractivity contribution in [2.45, 2.75) is 64.5 Å². The summed E-state index contributed by atoms with van der Waals surface area (Å²) in [6, 6.07) is -0.123. The molecule has 17 heavy (non-hydrogen) atoms. The van der Waals surface area contributed by atoms with Crippen molar-refractivity contribution in [1.29, 1.82) is 0 Å². The summed E-state index contributed by atoms with van der Waals surface area (Å²) in [5.74, 6) is -0.184. The van der Waals surface area contributed by atoms with Crippen molar-refractivity contribution in [2.24, 2.45) is 16.5 Å². The minimum Gasteiger partial charge on any atom is -0.382 e. The molecule has 1 rings (SSSR count). The van der Waals surface area contributed by atoms with E-state index in [1.54, 1.807) is 0 Å². The molecule has 0 aromatic rings. The van der Waals surface area contributed by atoms with Crippen molar-refractivity contribution in [3.63, 3.8) is 0 Å². The van der Waals surface area contributed by atoms with E-state index < -0.39 is 5.60 Å². The Balaban J connectivity index is 0.000000770. The number of hydrogen-bond donors (Lipinski definition) is 3. The predicted octanol–water partition coefficient (Wildman–Crippen LogP) is 0.939. The fourth-order valence-electron chi connectivity index (χ4n) is 1.86. The molecule has 2 atom stereocenters. The van der Waals surface area contributed by atoms with E-state index in [0.717, 1.165) is 12.8 Å². The van der Waals surface area contributed by atoms with Crippen LogP contribution in [0.15, 0.2) is 4.99 Å². The third-order valence-corrected chi connectivity index (χ3v) is 2.69. The van der Waals surface area contributed by atoms with Crippen LogP contribution in [-0.2, 0) is 4.79 Å². The Kier molecular flexibility index (Phi) is 6.80. The smallest absolute Gasteiger partial charge is 0.186 e. The van der Waals surface area contributed by atoms with E-state index in [1.165, 1.54) is 13.3 Å². The molecule has 1 saturated carbocycles. The lowest BCUT2D eigenvalue weighted by molar-refractivity contribution is -0.138. The standard InChI is InChI=1S/C9H17N3O2.C3H8/c1-6(13)9(14)4-2-3-7(5-9)12-8(10)11;1-3-2/h7,14H,2-5H2,1H3,(H4,10,11,12);3H2,1-2H3. The van der Waals surface area contributed by atoms with E-state index in [4.69, 9.17) is 11.5 Å². The van der Waals surface area contributed by atoms with Gasteiger partial charge in [-0.1, -0.05) is 20.3 Å². The van der Waals surface area contributed by atoms with Gasteiger partial charge in [-0.3, -0.25) is 9.79 Å². The second-order valence-electron chi connectivity index (χ2n) is 4.60. The van der Waals surface area contributed by atoms with Crippen LogP contribution in [0.25, 0.3) is 0 Å². The molecule has 100 valence electrons. The number of carbonyl (C=O) groups excluding carboxylic acids is 1. The van der Waals surface area contributed by atoms with Gasteiger partial charge in [0.15, 0.2) is 11.7 Å². The molecule has 0 aromatic heterocycles. The quantitative estimate of drug-likeness (QED) is 0.496. The summed E-state index contributed by atoms with van der Waals surface area (Å²) >= 11 is 0. The molecule has 2 unspecified atom stereocenters. The fraction of sp³-hybridized carbons (Fsp3) is 0.833. The molecule has 1 fully saturated rings. The van der Waals surface area contributed by atoms with Crippen LogP contribution < -0.4 is 11.5 Å². The molecule has 0 saturated heterocycles. The lowest BCUT2D eigenvalue weighted by atomic mass is 9.80. The molecule has 0 bridgehead atoms. The van der Waals surface area contributed by atoms with E-state index >= 15 is 0 Å². The molecule has 1 aliphatic carbocycles. The summed E-state index contributed by atoms with van der Waals surface area (Å²) in [4.78, 5) is 15.2. The van der Waals surface area contributed by atoms with Gasteiger partial charge in [-0.25, -0.2) is 0 Å². The molecule has 0 radical (unpaired) electrons. The van der Waals surface area contributed by atoms with Crippen LogP contribution in [0.1, 0.15) is 52.9 Å². The summed E-state index contributed by atoms with van der Waals surface area (Å²) in [5, 5.41) is 9.93. The minimum absolute atomic E-state index is 0.0165. The number of guanidine groups is 1. The topological polar surface area (TPSA) is 102 Å². The van der Waals surface area contributed by atoms with Gasteiger partial charge in [-0.15, -0.1) is 0 Å². The summed E-state index contributed by atoms with van der Waals surface area (Å²) in [6.45, 7) is 5.65. The highest BCUT2D eigenvalue weighted by molar-refractivity contribution is 5.85. The summed E-state index contributed by atoms with van der Waals surface area (Å²) < 4.78 is 0. The first-order valence-electron chi connectivity index (χ1n) is 6.17. The number of aliphatic hydroxyl groups is 1. The normalized spacial score (nSPS) is 27.6. The van der Waals surface area contributed by atoms with E-state index in [1.807, 2.05) is 0 Å². The summed E-state index contributed by atoms with van der Waals surface area (Å²) in [7, 11) is 0. The SMILES string of the molecule is CC(=O)C1(O)CCCC(N=C(N)N)C1.CCC. The average molecular weight is 243 g/mol. The second-order valence-corrected chi connectivity index (χ2v) is 4.60. The first-order valence-corrected chi connectivity index (χ1v) is 6.17. The summed E-state index contributed by atoms with van der Waals surface area (Å²) in [5.41, 5.74) is 9.28. The maximum Gasteiger partial charge on any atom is 0.186 e. The number of aliphatic imine (C=N–C) groups is 1. The third kappa shape index (κ3) is 5.68. The van der Waals surface area contributed by atoms with Gasteiger partial charge < -0.3 is 16.6 Å². The lowest BCUT2D eigenvalue weighted by Gasteiger charge is -2.33. The van der Waals surface area contributed by atoms with Crippen molar-refractivity contribution in [1.82, 2.24) is 0 Å². The number of nitrogens with two attached hydrogens (primary N) is 2. The van der Waals surface area contributed by atoms with E-state index in [2.05, 4.69) is 18.8 Å². The van der Waals surface area contributed by atoms with E-state index in [9.17, 15) is 9.90 Å². The van der Waals surface area contributed by atoms with Gasteiger partial charge in [0, 0.05) is 6.42 Å². The van der Waals surface area contributed by atoms with Crippen LogP contribution in [0.5, 0.6) is 0 Å². The molecule has 0 aromatic carbocycles. The first-order chi connectivity index (χ1) is 7.85. The monoisotopic (exact) mass is 243 g/mol. The highest BCUT2D eigenvalue weighted by Crippen LogP contribution is 2.30. The van der Waals surface area contributed by atoms with Crippen molar-refractivity contribution < 1.29 is 9.90 Å². The van der Waals surface area contributed by atoms with Gasteiger partial charge in [0.2, 0.25) is 0 Å². The highest BCUT2D eigenvalue weighted by Gasteiger charge is 2.38. The van der Waals surface area contributed by atoms with E-state index in [0.29, 0.717) is 12.8 Å². The van der Waals surface area contributed by atoms with Gasteiger partial charge in [0.1, 0.15) is 5.60 Å². The Morgan fingerprint density at radius 3 is 2.41 bits per heavy atom. The Morgan fingerprint density at radius 2 is 2.00 bits per heavy atom. The van der Waals surface area contributed by atoms with Crippen LogP contribution in [0.4, 0.5) is 0 Å². The number of Topliss-reactive ketones (excluding diaryl/α,β-unsaturated/α-hetero) is 1.